The smallest absolute Gasteiger partial charge is 0.462 e. The fourth-order valence-electron chi connectivity index (χ4n) is 1.72. The van der Waals surface area contributed by atoms with E-state index >= 15 is 0 Å². The molecule has 0 saturated carbocycles. The molecular formula is C16H21F3O6S. The first-order valence-electron chi connectivity index (χ1n) is 7.57. The van der Waals surface area contributed by atoms with Gasteiger partial charge in [-0.25, -0.2) is 4.79 Å². The minimum absolute atomic E-state index is 0.319. The third-order valence-electron chi connectivity index (χ3n) is 2.75. The zero-order valence-electron chi connectivity index (χ0n) is 15.0. The van der Waals surface area contributed by atoms with Crippen LogP contribution in [0.2, 0.25) is 0 Å². The topological polar surface area (TPSA) is 82.8 Å². The normalized spacial score (nSPS) is 11.1. The fourth-order valence-corrected chi connectivity index (χ4v) is 1.91. The molecule has 0 aliphatic rings. The van der Waals surface area contributed by atoms with E-state index in [1.54, 1.807) is 13.8 Å². The number of para-hydroxylation sites is 1. The van der Waals surface area contributed by atoms with E-state index in [0.717, 1.165) is 11.0 Å². The first kappa shape index (κ1) is 23.9. The summed E-state index contributed by atoms with van der Waals surface area (Å²) in [6.07, 6.45) is 0. The maximum atomic E-state index is 11.7. The monoisotopic (exact) mass is 398 g/mol. The van der Waals surface area contributed by atoms with Gasteiger partial charge in [0.1, 0.15) is 16.9 Å². The molecule has 1 aromatic carbocycles. The second kappa shape index (κ2) is 10.2. The number of esters is 1. The summed E-state index contributed by atoms with van der Waals surface area (Å²) < 4.78 is 66.3. The Morgan fingerprint density at radius 3 is 2.15 bits per heavy atom. The van der Waals surface area contributed by atoms with E-state index in [2.05, 4.69) is 4.18 Å². The van der Waals surface area contributed by atoms with Gasteiger partial charge in [-0.2, -0.15) is 21.6 Å². The molecule has 0 N–H and O–H groups in total. The molecule has 1 heterocycles. The minimum Gasteiger partial charge on any atom is -0.462 e. The highest BCUT2D eigenvalue weighted by Gasteiger charge is 2.46. The highest BCUT2D eigenvalue weighted by molar-refractivity contribution is 7.87. The van der Waals surface area contributed by atoms with Gasteiger partial charge in [0, 0.05) is 5.39 Å². The quantitative estimate of drug-likeness (QED) is 0.432. The van der Waals surface area contributed by atoms with Crippen molar-refractivity contribution in [3.8, 4) is 0 Å². The molecule has 0 spiro atoms. The van der Waals surface area contributed by atoms with Crippen LogP contribution in [0.15, 0.2) is 28.7 Å². The molecule has 0 fully saturated rings. The number of halogens is 3. The zero-order valence-corrected chi connectivity index (χ0v) is 15.8. The number of carbonyl (C=O) groups is 1. The SMILES string of the molecule is CC.CCOC(=O)c1c(C)oc2ccccc12.COS(=O)(=O)C(F)(F)F. The number of ether oxygens (including phenoxy) is 1. The number of furan rings is 1. The Kier molecular flexibility index (Phi) is 9.36. The molecule has 0 bridgehead atoms. The van der Waals surface area contributed by atoms with E-state index in [4.69, 9.17) is 9.15 Å². The molecule has 0 saturated heterocycles. The lowest BCUT2D eigenvalue weighted by atomic mass is 10.1. The molecule has 2 aromatic rings. The number of rotatable bonds is 3. The van der Waals surface area contributed by atoms with Crippen LogP contribution in [0.25, 0.3) is 11.0 Å². The standard InChI is InChI=1S/C12H12O3.C2H3F3O3S.C2H6/c1-3-14-12(13)11-8(2)15-10-7-5-4-6-9(10)11;1-8-9(6,7)2(3,4)5;1-2/h4-7H,3H2,1-2H3;1H3;1-2H3. The van der Waals surface area contributed by atoms with Gasteiger partial charge in [-0.3, -0.25) is 4.18 Å². The van der Waals surface area contributed by atoms with Crippen LogP contribution in [0.5, 0.6) is 0 Å². The maximum Gasteiger partial charge on any atom is 0.523 e. The molecular weight excluding hydrogens is 377 g/mol. The molecule has 0 aliphatic carbocycles. The number of fused-ring (bicyclic) bond motifs is 1. The van der Waals surface area contributed by atoms with E-state index in [1.165, 1.54) is 0 Å². The van der Waals surface area contributed by atoms with E-state index in [-0.39, 0.29) is 5.97 Å². The zero-order chi connectivity index (χ0) is 20.5. The largest absolute Gasteiger partial charge is 0.523 e. The predicted octanol–water partition coefficient (Wildman–Crippen LogP) is 4.43. The van der Waals surface area contributed by atoms with Gasteiger partial charge in [0.2, 0.25) is 0 Å². The molecule has 0 unspecified atom stereocenters. The molecule has 0 atom stereocenters. The summed E-state index contributed by atoms with van der Waals surface area (Å²) in [5.41, 5.74) is -4.05. The van der Waals surface area contributed by atoms with Crippen LogP contribution >= 0.6 is 0 Å². The Morgan fingerprint density at radius 2 is 1.73 bits per heavy atom. The second-order valence-corrected chi connectivity index (χ2v) is 6.02. The summed E-state index contributed by atoms with van der Waals surface area (Å²) in [5.74, 6) is 0.287. The average Bonchev–Trinajstić information content (AvgIpc) is 2.92. The van der Waals surface area contributed by atoms with Crippen LogP contribution in [0.1, 0.15) is 36.9 Å². The summed E-state index contributed by atoms with van der Waals surface area (Å²) in [6, 6.07) is 7.45. The van der Waals surface area contributed by atoms with Crippen molar-refractivity contribution in [3.05, 3.63) is 35.6 Å². The molecule has 148 valence electrons. The highest BCUT2D eigenvalue weighted by atomic mass is 32.2. The Balaban J connectivity index is 0.000000492. The van der Waals surface area contributed by atoms with Crippen molar-refractivity contribution in [2.45, 2.75) is 33.2 Å². The van der Waals surface area contributed by atoms with Crippen LogP contribution in [-0.2, 0) is 19.0 Å². The molecule has 6 nitrogen and oxygen atoms in total. The van der Waals surface area contributed by atoms with Crippen molar-refractivity contribution in [3.63, 3.8) is 0 Å². The summed E-state index contributed by atoms with van der Waals surface area (Å²) >= 11 is 0. The fraction of sp³-hybridized carbons (Fsp3) is 0.438. The number of alkyl halides is 3. The molecule has 0 amide bonds. The van der Waals surface area contributed by atoms with Gasteiger partial charge in [0.05, 0.1) is 13.7 Å². The predicted molar refractivity (Wildman–Crippen MR) is 90.2 cm³/mol. The van der Waals surface area contributed by atoms with Crippen molar-refractivity contribution in [2.75, 3.05) is 13.7 Å². The van der Waals surface area contributed by atoms with Gasteiger partial charge in [-0.05, 0) is 19.9 Å². The minimum atomic E-state index is -5.34. The number of hydrogen-bond acceptors (Lipinski definition) is 6. The van der Waals surface area contributed by atoms with Crippen LogP contribution in [0.4, 0.5) is 13.2 Å². The number of benzene rings is 1. The van der Waals surface area contributed by atoms with Crippen LogP contribution < -0.4 is 0 Å². The molecule has 0 aliphatic heterocycles. The van der Waals surface area contributed by atoms with E-state index < -0.39 is 15.6 Å². The van der Waals surface area contributed by atoms with Gasteiger partial charge in [-0.1, -0.05) is 32.0 Å². The Bertz CT molecular complexity index is 809. The summed E-state index contributed by atoms with van der Waals surface area (Å²) in [4.78, 5) is 11.7. The third kappa shape index (κ3) is 6.03. The second-order valence-electron chi connectivity index (χ2n) is 4.32. The van der Waals surface area contributed by atoms with Crippen molar-refractivity contribution >= 4 is 27.1 Å². The first-order chi connectivity index (χ1) is 12.0. The molecule has 10 heteroatoms. The van der Waals surface area contributed by atoms with Crippen LogP contribution in [0.3, 0.4) is 0 Å². The van der Waals surface area contributed by atoms with Gasteiger partial charge in [0.15, 0.2) is 0 Å². The van der Waals surface area contributed by atoms with Gasteiger partial charge in [-0.15, -0.1) is 0 Å². The lowest BCUT2D eigenvalue weighted by Gasteiger charge is -2.02. The van der Waals surface area contributed by atoms with E-state index in [0.29, 0.717) is 25.0 Å². The van der Waals surface area contributed by atoms with Crippen LogP contribution in [-0.4, -0.2) is 33.6 Å². The maximum absolute atomic E-state index is 11.7. The molecule has 2 rings (SSSR count). The third-order valence-corrected chi connectivity index (χ3v) is 3.76. The summed E-state index contributed by atoms with van der Waals surface area (Å²) in [7, 11) is -4.89. The molecule has 1 aromatic heterocycles. The van der Waals surface area contributed by atoms with Gasteiger partial charge in [0.25, 0.3) is 0 Å². The number of hydrogen-bond donors (Lipinski definition) is 0. The molecule has 0 radical (unpaired) electrons. The van der Waals surface area contributed by atoms with Crippen molar-refractivity contribution < 1.29 is 39.7 Å². The number of carbonyl (C=O) groups excluding carboxylic acids is 1. The lowest BCUT2D eigenvalue weighted by Crippen LogP contribution is -2.23. The Labute approximate surface area is 150 Å². The van der Waals surface area contributed by atoms with Crippen molar-refractivity contribution in [1.29, 1.82) is 0 Å². The summed E-state index contributed by atoms with van der Waals surface area (Å²) in [5, 5.41) is 0.813. The van der Waals surface area contributed by atoms with Gasteiger partial charge < -0.3 is 9.15 Å². The van der Waals surface area contributed by atoms with Crippen molar-refractivity contribution in [1.82, 2.24) is 0 Å². The van der Waals surface area contributed by atoms with Crippen LogP contribution in [0, 0.1) is 6.92 Å². The Hall–Kier alpha value is -2.07. The Morgan fingerprint density at radius 1 is 1.19 bits per heavy atom. The lowest BCUT2D eigenvalue weighted by molar-refractivity contribution is -0.0526. The first-order valence-corrected chi connectivity index (χ1v) is 8.98. The highest BCUT2D eigenvalue weighted by Crippen LogP contribution is 2.25. The average molecular weight is 398 g/mol. The number of aryl methyl sites for hydroxylation is 1. The van der Waals surface area contributed by atoms with E-state index in [1.807, 2.05) is 38.1 Å². The summed E-state index contributed by atoms with van der Waals surface area (Å²) in [6.45, 7) is 7.93. The molecule has 26 heavy (non-hydrogen) atoms. The van der Waals surface area contributed by atoms with Crippen molar-refractivity contribution in [2.24, 2.45) is 0 Å². The van der Waals surface area contributed by atoms with E-state index in [9.17, 15) is 26.4 Å². The van der Waals surface area contributed by atoms with Gasteiger partial charge >= 0.3 is 21.6 Å².